The molecular formula is C15H14ClN3O3. The van der Waals surface area contributed by atoms with Gasteiger partial charge in [0.15, 0.2) is 0 Å². The summed E-state index contributed by atoms with van der Waals surface area (Å²) in [6.07, 6.45) is 0. The maximum Gasteiger partial charge on any atom is 0.269 e. The minimum atomic E-state index is -0.437. The van der Waals surface area contributed by atoms with Crippen LogP contribution in [0.3, 0.4) is 0 Å². The number of nitrogens with one attached hydrogen (secondary N) is 2. The lowest BCUT2D eigenvalue weighted by Gasteiger charge is -2.11. The summed E-state index contributed by atoms with van der Waals surface area (Å²) >= 11 is 6.10. The number of rotatable bonds is 5. The average molecular weight is 320 g/mol. The molecule has 0 heterocycles. The van der Waals surface area contributed by atoms with Crippen molar-refractivity contribution in [2.45, 2.75) is 13.5 Å². The Morgan fingerprint density at radius 3 is 2.73 bits per heavy atom. The molecule has 6 nitrogen and oxygen atoms in total. The van der Waals surface area contributed by atoms with E-state index in [0.717, 1.165) is 5.56 Å². The van der Waals surface area contributed by atoms with Crippen molar-refractivity contribution in [2.24, 2.45) is 0 Å². The second-order valence-corrected chi connectivity index (χ2v) is 5.06. The third-order valence-electron chi connectivity index (χ3n) is 2.89. The maximum atomic E-state index is 11.1. The number of carbonyl (C=O) groups is 1. The topological polar surface area (TPSA) is 84.3 Å². The number of halogens is 1. The number of nitrogens with zero attached hydrogens (tertiary/aromatic N) is 1. The predicted octanol–water partition coefficient (Wildman–Crippen LogP) is 3.82. The van der Waals surface area contributed by atoms with Crippen LogP contribution in [0.15, 0.2) is 42.5 Å². The zero-order chi connectivity index (χ0) is 16.1. The van der Waals surface area contributed by atoms with Crippen LogP contribution in [-0.2, 0) is 11.3 Å². The molecule has 22 heavy (non-hydrogen) atoms. The Morgan fingerprint density at radius 1 is 1.27 bits per heavy atom. The molecule has 0 saturated carbocycles. The van der Waals surface area contributed by atoms with Gasteiger partial charge in [-0.2, -0.15) is 0 Å². The quantitative estimate of drug-likeness (QED) is 0.648. The van der Waals surface area contributed by atoms with Crippen LogP contribution in [0.25, 0.3) is 0 Å². The van der Waals surface area contributed by atoms with E-state index in [2.05, 4.69) is 10.6 Å². The van der Waals surface area contributed by atoms with E-state index in [1.807, 2.05) is 0 Å². The lowest BCUT2D eigenvalue weighted by molar-refractivity contribution is -0.384. The van der Waals surface area contributed by atoms with Crippen LogP contribution >= 0.6 is 11.6 Å². The van der Waals surface area contributed by atoms with E-state index in [4.69, 9.17) is 11.6 Å². The molecule has 0 unspecified atom stereocenters. The third-order valence-corrected chi connectivity index (χ3v) is 3.22. The Morgan fingerprint density at radius 2 is 2.05 bits per heavy atom. The zero-order valence-corrected chi connectivity index (χ0v) is 12.6. The number of non-ortho nitro benzene ring substituents is 1. The number of benzene rings is 2. The highest BCUT2D eigenvalue weighted by atomic mass is 35.5. The Hall–Kier alpha value is -2.60. The van der Waals surface area contributed by atoms with Gasteiger partial charge in [-0.3, -0.25) is 14.9 Å². The van der Waals surface area contributed by atoms with E-state index in [1.54, 1.807) is 30.3 Å². The first-order valence-electron chi connectivity index (χ1n) is 6.50. The van der Waals surface area contributed by atoms with Gasteiger partial charge in [-0.1, -0.05) is 23.7 Å². The van der Waals surface area contributed by atoms with Crippen LogP contribution in [0, 0.1) is 10.1 Å². The van der Waals surface area contributed by atoms with E-state index in [1.165, 1.54) is 19.1 Å². The molecular weight excluding hydrogens is 306 g/mol. The van der Waals surface area contributed by atoms with Crippen molar-refractivity contribution in [2.75, 3.05) is 10.6 Å². The maximum absolute atomic E-state index is 11.1. The van der Waals surface area contributed by atoms with Crippen molar-refractivity contribution in [3.05, 3.63) is 63.2 Å². The minimum Gasteiger partial charge on any atom is -0.380 e. The molecule has 2 N–H and O–H groups in total. The first-order chi connectivity index (χ1) is 10.5. The summed E-state index contributed by atoms with van der Waals surface area (Å²) in [6, 6.07) is 11.4. The van der Waals surface area contributed by atoms with Gasteiger partial charge in [0.25, 0.3) is 5.69 Å². The molecule has 2 aromatic rings. The Bertz CT molecular complexity index is 719. The van der Waals surface area contributed by atoms with Crippen molar-refractivity contribution in [3.63, 3.8) is 0 Å². The number of hydrogen-bond donors (Lipinski definition) is 2. The Labute approximate surface area is 132 Å². The zero-order valence-electron chi connectivity index (χ0n) is 11.8. The van der Waals surface area contributed by atoms with E-state index in [-0.39, 0.29) is 11.6 Å². The molecule has 2 aromatic carbocycles. The van der Waals surface area contributed by atoms with Gasteiger partial charge in [0, 0.05) is 31.3 Å². The fourth-order valence-corrected chi connectivity index (χ4v) is 2.10. The van der Waals surface area contributed by atoms with Gasteiger partial charge in [-0.15, -0.1) is 0 Å². The van der Waals surface area contributed by atoms with E-state index in [9.17, 15) is 14.9 Å². The number of nitro groups is 1. The molecule has 0 aliphatic rings. The molecule has 0 bridgehead atoms. The fraction of sp³-hybridized carbons (Fsp3) is 0.133. The van der Waals surface area contributed by atoms with Crippen molar-refractivity contribution >= 4 is 34.6 Å². The lowest BCUT2D eigenvalue weighted by atomic mass is 10.2. The van der Waals surface area contributed by atoms with Gasteiger partial charge >= 0.3 is 0 Å². The molecule has 2 rings (SSSR count). The molecule has 114 valence electrons. The Kier molecular flexibility index (Phi) is 4.95. The smallest absolute Gasteiger partial charge is 0.269 e. The molecule has 0 atom stereocenters. The molecule has 0 fully saturated rings. The van der Waals surface area contributed by atoms with Crippen LogP contribution in [0.4, 0.5) is 17.1 Å². The van der Waals surface area contributed by atoms with Gasteiger partial charge in [0.05, 0.1) is 15.6 Å². The summed E-state index contributed by atoms with van der Waals surface area (Å²) in [5, 5.41) is 17.0. The highest BCUT2D eigenvalue weighted by Crippen LogP contribution is 2.26. The highest BCUT2D eigenvalue weighted by molar-refractivity contribution is 6.33. The van der Waals surface area contributed by atoms with E-state index < -0.39 is 4.92 Å². The largest absolute Gasteiger partial charge is 0.380 e. The molecule has 1 amide bonds. The number of carbonyl (C=O) groups excluding carboxylic acids is 1. The summed E-state index contributed by atoms with van der Waals surface area (Å²) in [7, 11) is 0. The van der Waals surface area contributed by atoms with Crippen LogP contribution in [0.1, 0.15) is 12.5 Å². The van der Waals surface area contributed by atoms with E-state index >= 15 is 0 Å². The summed E-state index contributed by atoms with van der Waals surface area (Å²) < 4.78 is 0. The van der Waals surface area contributed by atoms with Gasteiger partial charge in [-0.25, -0.2) is 0 Å². The normalized spacial score (nSPS) is 10.1. The van der Waals surface area contributed by atoms with Crippen molar-refractivity contribution < 1.29 is 9.72 Å². The predicted molar refractivity (Wildman–Crippen MR) is 86.2 cm³/mol. The van der Waals surface area contributed by atoms with Gasteiger partial charge in [0.2, 0.25) is 5.91 Å². The molecule has 0 saturated heterocycles. The first-order valence-corrected chi connectivity index (χ1v) is 6.88. The lowest BCUT2D eigenvalue weighted by Crippen LogP contribution is -2.07. The Balaban J connectivity index is 2.12. The highest BCUT2D eigenvalue weighted by Gasteiger charge is 2.07. The van der Waals surface area contributed by atoms with Crippen LogP contribution < -0.4 is 10.6 Å². The minimum absolute atomic E-state index is 0.0393. The molecule has 7 heteroatoms. The van der Waals surface area contributed by atoms with E-state index in [0.29, 0.717) is 22.9 Å². The third kappa shape index (κ3) is 4.20. The van der Waals surface area contributed by atoms with Gasteiger partial charge in [-0.05, 0) is 23.8 Å². The van der Waals surface area contributed by atoms with Crippen molar-refractivity contribution in [1.82, 2.24) is 0 Å². The number of nitro benzene ring substituents is 1. The molecule has 0 aliphatic heterocycles. The van der Waals surface area contributed by atoms with Crippen molar-refractivity contribution in [1.29, 1.82) is 0 Å². The van der Waals surface area contributed by atoms with Crippen molar-refractivity contribution in [3.8, 4) is 0 Å². The first kappa shape index (κ1) is 15.8. The number of hydrogen-bond acceptors (Lipinski definition) is 4. The van der Waals surface area contributed by atoms with Gasteiger partial charge < -0.3 is 10.6 Å². The molecule has 0 radical (unpaired) electrons. The fourth-order valence-electron chi connectivity index (χ4n) is 1.92. The standard InChI is InChI=1S/C15H14ClN3O3/c1-10(20)18-12-5-6-14(16)15(8-12)17-9-11-3-2-4-13(7-11)19(21)22/h2-8,17H,9H2,1H3,(H,18,20). The monoisotopic (exact) mass is 319 g/mol. The molecule has 0 spiro atoms. The average Bonchev–Trinajstić information content (AvgIpc) is 2.47. The van der Waals surface area contributed by atoms with Crippen LogP contribution in [-0.4, -0.2) is 10.8 Å². The summed E-state index contributed by atoms with van der Waals surface area (Å²) in [5.41, 5.74) is 2.06. The summed E-state index contributed by atoms with van der Waals surface area (Å²) in [4.78, 5) is 21.4. The number of anilines is 2. The number of amides is 1. The molecule has 0 aliphatic carbocycles. The van der Waals surface area contributed by atoms with Crippen LogP contribution in [0.5, 0.6) is 0 Å². The second-order valence-electron chi connectivity index (χ2n) is 4.66. The summed E-state index contributed by atoms with van der Waals surface area (Å²) in [5.74, 6) is -0.174. The molecule has 0 aromatic heterocycles. The second kappa shape index (κ2) is 6.91. The van der Waals surface area contributed by atoms with Gasteiger partial charge in [0.1, 0.15) is 0 Å². The SMILES string of the molecule is CC(=O)Nc1ccc(Cl)c(NCc2cccc([N+](=O)[O-])c2)c1. The van der Waals surface area contributed by atoms with Crippen LogP contribution in [0.2, 0.25) is 5.02 Å². The summed E-state index contributed by atoms with van der Waals surface area (Å²) in [6.45, 7) is 1.80.